The van der Waals surface area contributed by atoms with Gasteiger partial charge in [-0.2, -0.15) is 0 Å². The number of thiazole rings is 1. The quantitative estimate of drug-likeness (QED) is 0.538. The number of nitrogens with zero attached hydrogens (tertiary/aromatic N) is 1. The molecule has 0 aliphatic heterocycles. The Balaban J connectivity index is 1.18. The second-order valence-electron chi connectivity index (χ2n) is 8.05. The molecule has 0 saturated heterocycles. The number of hydrogen-bond donors (Lipinski definition) is 3. The summed E-state index contributed by atoms with van der Waals surface area (Å²) in [7, 11) is 0. The average Bonchev–Trinajstić information content (AvgIpc) is 3.37. The van der Waals surface area contributed by atoms with E-state index in [1.807, 2.05) is 36.7 Å². The zero-order valence-corrected chi connectivity index (χ0v) is 18.1. The van der Waals surface area contributed by atoms with Gasteiger partial charge in [0.2, 0.25) is 11.8 Å². The summed E-state index contributed by atoms with van der Waals surface area (Å²) in [4.78, 5) is 32.5. The Morgan fingerprint density at radius 1 is 1.20 bits per heavy atom. The minimum atomic E-state index is 0.0316. The van der Waals surface area contributed by atoms with Crippen LogP contribution in [0.5, 0.6) is 0 Å². The van der Waals surface area contributed by atoms with Gasteiger partial charge in [-0.15, -0.1) is 11.3 Å². The van der Waals surface area contributed by atoms with E-state index in [9.17, 15) is 9.59 Å². The molecule has 0 unspecified atom stereocenters. The highest BCUT2D eigenvalue weighted by atomic mass is 32.1. The molecular weight excluding hydrogens is 396 g/mol. The molecule has 158 valence electrons. The number of rotatable bonds is 7. The molecule has 4 rings (SSSR count). The van der Waals surface area contributed by atoms with Crippen molar-refractivity contribution >= 4 is 34.1 Å². The molecule has 1 saturated carbocycles. The van der Waals surface area contributed by atoms with Crippen molar-refractivity contribution in [2.75, 3.05) is 0 Å². The summed E-state index contributed by atoms with van der Waals surface area (Å²) < 4.78 is 0. The van der Waals surface area contributed by atoms with Crippen LogP contribution in [0.4, 0.5) is 0 Å². The topological polar surface area (TPSA) is 86.9 Å². The summed E-state index contributed by atoms with van der Waals surface area (Å²) >= 11 is 1.60. The Bertz CT molecular complexity index is 1020. The van der Waals surface area contributed by atoms with Crippen LogP contribution in [0, 0.1) is 12.8 Å². The first-order valence-corrected chi connectivity index (χ1v) is 11.5. The Morgan fingerprint density at radius 2 is 2.00 bits per heavy atom. The SMILES string of the molecule is Cc1nc(CNC(=O)C2CCC(NC(=O)CCc3c[nH]c4ccccc34)CC2)cs1. The lowest BCUT2D eigenvalue weighted by Gasteiger charge is -2.28. The highest BCUT2D eigenvalue weighted by molar-refractivity contribution is 7.09. The van der Waals surface area contributed by atoms with Crippen LogP contribution in [-0.4, -0.2) is 27.8 Å². The summed E-state index contributed by atoms with van der Waals surface area (Å²) in [5, 5.41) is 10.3. The lowest BCUT2D eigenvalue weighted by molar-refractivity contribution is -0.126. The van der Waals surface area contributed by atoms with E-state index in [2.05, 4.69) is 26.7 Å². The standard InChI is InChI=1S/C23H28N4O2S/c1-15-26-19(14-30-15)13-25-23(29)16-6-9-18(10-7-16)27-22(28)11-8-17-12-24-21-5-3-2-4-20(17)21/h2-5,12,14,16,18,24H,6-11,13H2,1H3,(H,25,29)(H,27,28). The lowest BCUT2D eigenvalue weighted by atomic mass is 9.85. The van der Waals surface area contributed by atoms with Crippen LogP contribution < -0.4 is 10.6 Å². The van der Waals surface area contributed by atoms with Crippen molar-refractivity contribution in [1.29, 1.82) is 0 Å². The van der Waals surface area contributed by atoms with Gasteiger partial charge in [-0.3, -0.25) is 9.59 Å². The Labute approximate surface area is 180 Å². The van der Waals surface area contributed by atoms with E-state index in [-0.39, 0.29) is 23.8 Å². The highest BCUT2D eigenvalue weighted by Crippen LogP contribution is 2.25. The smallest absolute Gasteiger partial charge is 0.223 e. The number of carbonyl (C=O) groups excluding carboxylic acids is 2. The maximum absolute atomic E-state index is 12.4. The summed E-state index contributed by atoms with van der Waals surface area (Å²) in [5.41, 5.74) is 3.20. The molecule has 1 aromatic carbocycles. The molecule has 1 aliphatic carbocycles. The third-order valence-electron chi connectivity index (χ3n) is 5.87. The lowest BCUT2D eigenvalue weighted by Crippen LogP contribution is -2.40. The molecule has 30 heavy (non-hydrogen) atoms. The predicted molar refractivity (Wildman–Crippen MR) is 119 cm³/mol. The van der Waals surface area contributed by atoms with E-state index in [1.54, 1.807) is 11.3 Å². The van der Waals surface area contributed by atoms with E-state index in [1.165, 1.54) is 10.9 Å². The monoisotopic (exact) mass is 424 g/mol. The minimum Gasteiger partial charge on any atom is -0.361 e. The van der Waals surface area contributed by atoms with Gasteiger partial charge in [0.1, 0.15) is 0 Å². The fourth-order valence-electron chi connectivity index (χ4n) is 4.20. The van der Waals surface area contributed by atoms with Crippen LogP contribution in [0.1, 0.15) is 48.4 Å². The predicted octanol–water partition coefficient (Wildman–Crippen LogP) is 3.86. The van der Waals surface area contributed by atoms with Crippen LogP contribution in [0.25, 0.3) is 10.9 Å². The van der Waals surface area contributed by atoms with E-state index in [0.29, 0.717) is 13.0 Å². The van der Waals surface area contributed by atoms with Gasteiger partial charge in [-0.05, 0) is 50.7 Å². The number of hydrogen-bond acceptors (Lipinski definition) is 4. The number of benzene rings is 1. The second kappa shape index (κ2) is 9.43. The van der Waals surface area contributed by atoms with Crippen molar-refractivity contribution in [3.8, 4) is 0 Å². The molecule has 0 atom stereocenters. The third-order valence-corrected chi connectivity index (χ3v) is 6.69. The van der Waals surface area contributed by atoms with Crippen LogP contribution in [-0.2, 0) is 22.6 Å². The Kier molecular flexibility index (Phi) is 6.47. The molecule has 2 heterocycles. The second-order valence-corrected chi connectivity index (χ2v) is 9.11. The Morgan fingerprint density at radius 3 is 2.77 bits per heavy atom. The fraction of sp³-hybridized carbons (Fsp3) is 0.435. The van der Waals surface area contributed by atoms with Crippen LogP contribution in [0.15, 0.2) is 35.8 Å². The maximum atomic E-state index is 12.4. The summed E-state index contributed by atoms with van der Waals surface area (Å²) in [6.45, 7) is 2.46. The summed E-state index contributed by atoms with van der Waals surface area (Å²) in [5.74, 6) is 0.223. The van der Waals surface area contributed by atoms with Crippen molar-refractivity contribution in [1.82, 2.24) is 20.6 Å². The van der Waals surface area contributed by atoms with Gasteiger partial charge >= 0.3 is 0 Å². The number of aryl methyl sites for hydroxylation is 2. The zero-order chi connectivity index (χ0) is 20.9. The van der Waals surface area contributed by atoms with Crippen molar-refractivity contribution in [2.24, 2.45) is 5.92 Å². The summed E-state index contributed by atoms with van der Waals surface area (Å²) in [6.07, 6.45) is 6.54. The molecule has 0 spiro atoms. The van der Waals surface area contributed by atoms with Crippen LogP contribution in [0.2, 0.25) is 0 Å². The molecule has 0 bridgehead atoms. The van der Waals surface area contributed by atoms with E-state index in [0.717, 1.165) is 48.3 Å². The number of aromatic amines is 1. The molecule has 7 heteroatoms. The van der Waals surface area contributed by atoms with Crippen molar-refractivity contribution < 1.29 is 9.59 Å². The van der Waals surface area contributed by atoms with Gasteiger partial charge in [0, 0.05) is 40.9 Å². The fourth-order valence-corrected chi connectivity index (χ4v) is 4.81. The van der Waals surface area contributed by atoms with Gasteiger partial charge in [0.15, 0.2) is 0 Å². The number of amides is 2. The molecule has 0 radical (unpaired) electrons. The number of carbonyl (C=O) groups is 2. The largest absolute Gasteiger partial charge is 0.361 e. The van der Waals surface area contributed by atoms with Gasteiger partial charge in [-0.25, -0.2) is 4.98 Å². The number of H-pyrrole nitrogens is 1. The molecule has 1 fully saturated rings. The molecular formula is C23H28N4O2S. The zero-order valence-electron chi connectivity index (χ0n) is 17.2. The van der Waals surface area contributed by atoms with Crippen molar-refractivity contribution in [3.05, 3.63) is 52.1 Å². The number of para-hydroxylation sites is 1. The van der Waals surface area contributed by atoms with Gasteiger partial charge in [-0.1, -0.05) is 18.2 Å². The molecule has 6 nitrogen and oxygen atoms in total. The normalized spacial score (nSPS) is 19.0. The van der Waals surface area contributed by atoms with E-state index in [4.69, 9.17) is 0 Å². The highest BCUT2D eigenvalue weighted by Gasteiger charge is 2.27. The first-order valence-electron chi connectivity index (χ1n) is 10.6. The average molecular weight is 425 g/mol. The molecule has 1 aliphatic rings. The van der Waals surface area contributed by atoms with Gasteiger partial charge < -0.3 is 15.6 Å². The first-order chi connectivity index (χ1) is 14.6. The number of nitrogens with one attached hydrogen (secondary N) is 3. The van der Waals surface area contributed by atoms with Crippen molar-refractivity contribution in [2.45, 2.75) is 58.0 Å². The third kappa shape index (κ3) is 5.08. The maximum Gasteiger partial charge on any atom is 0.223 e. The van der Waals surface area contributed by atoms with E-state index < -0.39 is 0 Å². The van der Waals surface area contributed by atoms with Gasteiger partial charge in [0.05, 0.1) is 17.2 Å². The number of aromatic nitrogens is 2. The summed E-state index contributed by atoms with van der Waals surface area (Å²) in [6, 6.07) is 8.33. The van der Waals surface area contributed by atoms with E-state index >= 15 is 0 Å². The molecule has 3 N–H and O–H groups in total. The molecule has 2 aromatic heterocycles. The Hall–Kier alpha value is -2.67. The van der Waals surface area contributed by atoms with Crippen molar-refractivity contribution in [3.63, 3.8) is 0 Å². The first kappa shape index (κ1) is 20.6. The van der Waals surface area contributed by atoms with Crippen LogP contribution >= 0.6 is 11.3 Å². The van der Waals surface area contributed by atoms with Crippen LogP contribution in [0.3, 0.4) is 0 Å². The molecule has 3 aromatic rings. The minimum absolute atomic E-state index is 0.0316. The number of fused-ring (bicyclic) bond motifs is 1. The van der Waals surface area contributed by atoms with Gasteiger partial charge in [0.25, 0.3) is 0 Å². The molecule has 2 amide bonds.